The first-order valence-corrected chi connectivity index (χ1v) is 12.0. The van der Waals surface area contributed by atoms with Gasteiger partial charge in [-0.25, -0.2) is 0 Å². The smallest absolute Gasteiger partial charge is 0.266 e. The molecule has 0 aliphatic carbocycles. The molecule has 0 radical (unpaired) electrons. The van der Waals surface area contributed by atoms with E-state index in [-0.39, 0.29) is 11.8 Å². The highest BCUT2D eigenvalue weighted by Crippen LogP contribution is 2.34. The number of anilines is 1. The van der Waals surface area contributed by atoms with E-state index in [0.29, 0.717) is 33.7 Å². The molecule has 1 aliphatic rings. The molecule has 0 bridgehead atoms. The number of hydrogen-bond acceptors (Lipinski definition) is 6. The topological polar surface area (TPSA) is 67.9 Å². The standard InChI is InChI=1S/C25H28N2O4S2/c1-17-8-11-19(12-9-17)26-23(28)7-5-4-6-14-27-24(29)22(33-25(27)32)16-18-10-13-20(30-2)21(15-18)31-3/h8-13,15-16H,4-7,14H2,1-3H3,(H,26,28). The monoisotopic (exact) mass is 484 g/mol. The first kappa shape index (κ1) is 24.8. The third-order valence-corrected chi connectivity index (χ3v) is 6.58. The van der Waals surface area contributed by atoms with Crippen LogP contribution in [0, 0.1) is 6.92 Å². The molecule has 1 heterocycles. The van der Waals surface area contributed by atoms with Crippen LogP contribution in [0.25, 0.3) is 6.08 Å². The number of methoxy groups -OCH3 is 2. The molecule has 2 aromatic rings. The molecule has 2 aromatic carbocycles. The van der Waals surface area contributed by atoms with Gasteiger partial charge < -0.3 is 14.8 Å². The first-order chi connectivity index (χ1) is 15.9. The Morgan fingerprint density at radius 1 is 1.06 bits per heavy atom. The molecule has 174 valence electrons. The van der Waals surface area contributed by atoms with Gasteiger partial charge in [0.25, 0.3) is 5.91 Å². The van der Waals surface area contributed by atoms with E-state index in [9.17, 15) is 9.59 Å². The second kappa shape index (κ2) is 11.9. The minimum Gasteiger partial charge on any atom is -0.493 e. The highest BCUT2D eigenvalue weighted by atomic mass is 32.2. The molecular weight excluding hydrogens is 456 g/mol. The maximum Gasteiger partial charge on any atom is 0.266 e. The average Bonchev–Trinajstić information content (AvgIpc) is 3.07. The van der Waals surface area contributed by atoms with E-state index in [4.69, 9.17) is 21.7 Å². The number of thioether (sulfide) groups is 1. The molecular formula is C25H28N2O4S2. The summed E-state index contributed by atoms with van der Waals surface area (Å²) in [5.41, 5.74) is 2.81. The maximum atomic E-state index is 12.8. The number of nitrogens with zero attached hydrogens (tertiary/aromatic N) is 1. The Balaban J connectivity index is 1.46. The van der Waals surface area contributed by atoms with Crippen LogP contribution in [0.15, 0.2) is 47.4 Å². The van der Waals surface area contributed by atoms with E-state index in [1.807, 2.05) is 49.4 Å². The van der Waals surface area contributed by atoms with Crippen LogP contribution in [0.1, 0.15) is 36.8 Å². The average molecular weight is 485 g/mol. The van der Waals surface area contributed by atoms with Gasteiger partial charge in [-0.15, -0.1) is 0 Å². The number of benzene rings is 2. The van der Waals surface area contributed by atoms with Gasteiger partial charge >= 0.3 is 0 Å². The Kier molecular flexibility index (Phi) is 8.91. The van der Waals surface area contributed by atoms with Crippen LogP contribution in [0.3, 0.4) is 0 Å². The molecule has 0 saturated carbocycles. The molecule has 1 N–H and O–H groups in total. The van der Waals surface area contributed by atoms with Crippen LogP contribution < -0.4 is 14.8 Å². The lowest BCUT2D eigenvalue weighted by Crippen LogP contribution is -2.29. The predicted octanol–water partition coefficient (Wildman–Crippen LogP) is 5.41. The zero-order chi connectivity index (χ0) is 23.8. The van der Waals surface area contributed by atoms with E-state index in [0.717, 1.165) is 36.1 Å². The van der Waals surface area contributed by atoms with Crippen LogP contribution in [-0.4, -0.2) is 41.8 Å². The zero-order valence-electron chi connectivity index (χ0n) is 19.1. The highest BCUT2D eigenvalue weighted by molar-refractivity contribution is 8.26. The van der Waals surface area contributed by atoms with E-state index < -0.39 is 0 Å². The van der Waals surface area contributed by atoms with Crippen molar-refractivity contribution in [3.63, 3.8) is 0 Å². The van der Waals surface area contributed by atoms with Crippen LogP contribution in [0.2, 0.25) is 0 Å². The summed E-state index contributed by atoms with van der Waals surface area (Å²) in [6.07, 6.45) is 4.65. The van der Waals surface area contributed by atoms with E-state index in [1.165, 1.54) is 11.8 Å². The Morgan fingerprint density at radius 2 is 1.79 bits per heavy atom. The Hall–Kier alpha value is -2.84. The summed E-state index contributed by atoms with van der Waals surface area (Å²) < 4.78 is 11.1. The molecule has 0 atom stereocenters. The fourth-order valence-electron chi connectivity index (χ4n) is 3.38. The second-order valence-electron chi connectivity index (χ2n) is 7.67. The predicted molar refractivity (Wildman–Crippen MR) is 138 cm³/mol. The molecule has 3 rings (SSSR count). The number of thiocarbonyl (C=S) groups is 1. The van der Waals surface area contributed by atoms with Gasteiger partial charge in [0.1, 0.15) is 4.32 Å². The highest BCUT2D eigenvalue weighted by Gasteiger charge is 2.31. The van der Waals surface area contributed by atoms with Crippen LogP contribution >= 0.6 is 24.0 Å². The van der Waals surface area contributed by atoms with Gasteiger partial charge in [0, 0.05) is 18.7 Å². The molecule has 1 fully saturated rings. The zero-order valence-corrected chi connectivity index (χ0v) is 20.7. The Labute approximate surface area is 204 Å². The number of aryl methyl sites for hydroxylation is 1. The van der Waals surface area contributed by atoms with Crippen molar-refractivity contribution in [2.24, 2.45) is 0 Å². The summed E-state index contributed by atoms with van der Waals surface area (Å²) in [5, 5.41) is 2.91. The minimum absolute atomic E-state index is 0.00215. The molecule has 1 aliphatic heterocycles. The maximum absolute atomic E-state index is 12.8. The SMILES string of the molecule is COc1ccc(C=C2SC(=S)N(CCCCCC(=O)Nc3ccc(C)cc3)C2=O)cc1OC. The van der Waals surface area contributed by atoms with Gasteiger partial charge in [0.05, 0.1) is 19.1 Å². The van der Waals surface area contributed by atoms with Crippen LogP contribution in [-0.2, 0) is 9.59 Å². The number of unbranched alkanes of at least 4 members (excludes halogenated alkanes) is 2. The summed E-state index contributed by atoms with van der Waals surface area (Å²) in [7, 11) is 3.16. The lowest BCUT2D eigenvalue weighted by atomic mass is 10.1. The summed E-state index contributed by atoms with van der Waals surface area (Å²) in [6, 6.07) is 13.2. The number of hydrogen-bond donors (Lipinski definition) is 1. The molecule has 6 nitrogen and oxygen atoms in total. The third kappa shape index (κ3) is 6.82. The van der Waals surface area contributed by atoms with Gasteiger partial charge in [-0.2, -0.15) is 0 Å². The number of nitrogens with one attached hydrogen (secondary N) is 1. The quantitative estimate of drug-likeness (QED) is 0.276. The van der Waals surface area contributed by atoms with Crippen molar-refractivity contribution < 1.29 is 19.1 Å². The summed E-state index contributed by atoms with van der Waals surface area (Å²) >= 11 is 6.72. The number of carbonyl (C=O) groups is 2. The molecule has 0 unspecified atom stereocenters. The second-order valence-corrected chi connectivity index (χ2v) is 9.35. The van der Waals surface area contributed by atoms with Crippen molar-refractivity contribution in [3.05, 3.63) is 58.5 Å². The van der Waals surface area contributed by atoms with E-state index in [1.54, 1.807) is 25.2 Å². The summed E-state index contributed by atoms with van der Waals surface area (Å²) in [4.78, 5) is 27.2. The van der Waals surface area contributed by atoms with Gasteiger partial charge in [-0.05, 0) is 55.7 Å². The van der Waals surface area contributed by atoms with Crippen molar-refractivity contribution in [3.8, 4) is 11.5 Å². The molecule has 33 heavy (non-hydrogen) atoms. The molecule has 8 heteroatoms. The summed E-state index contributed by atoms with van der Waals surface area (Å²) in [5.74, 6) is 1.15. The number of ether oxygens (including phenoxy) is 2. The minimum atomic E-state index is -0.0862. The largest absolute Gasteiger partial charge is 0.493 e. The number of carbonyl (C=O) groups excluding carboxylic acids is 2. The van der Waals surface area contributed by atoms with Crippen LogP contribution in [0.5, 0.6) is 11.5 Å². The van der Waals surface area contributed by atoms with Crippen molar-refractivity contribution in [1.82, 2.24) is 4.90 Å². The van der Waals surface area contributed by atoms with Gasteiger partial charge in [-0.3, -0.25) is 14.5 Å². The lowest BCUT2D eigenvalue weighted by Gasteiger charge is -2.14. The number of rotatable bonds is 10. The summed E-state index contributed by atoms with van der Waals surface area (Å²) in [6.45, 7) is 2.56. The van der Waals surface area contributed by atoms with Crippen molar-refractivity contribution in [2.75, 3.05) is 26.1 Å². The fraction of sp³-hybridized carbons (Fsp3) is 0.320. The van der Waals surface area contributed by atoms with E-state index in [2.05, 4.69) is 5.32 Å². The Bertz CT molecular complexity index is 1050. The normalized spacial score (nSPS) is 14.6. The van der Waals surface area contributed by atoms with E-state index >= 15 is 0 Å². The first-order valence-electron chi connectivity index (χ1n) is 10.7. The molecule has 0 aromatic heterocycles. The molecule has 0 spiro atoms. The fourth-order valence-corrected chi connectivity index (χ4v) is 4.69. The van der Waals surface area contributed by atoms with Crippen LogP contribution in [0.4, 0.5) is 5.69 Å². The van der Waals surface area contributed by atoms with Crippen molar-refractivity contribution in [2.45, 2.75) is 32.6 Å². The number of amides is 2. The van der Waals surface area contributed by atoms with Gasteiger partial charge in [0.15, 0.2) is 11.5 Å². The van der Waals surface area contributed by atoms with Crippen molar-refractivity contribution >= 4 is 51.9 Å². The molecule has 2 amide bonds. The Morgan fingerprint density at radius 3 is 2.48 bits per heavy atom. The van der Waals surface area contributed by atoms with Gasteiger partial charge in [0.2, 0.25) is 5.91 Å². The van der Waals surface area contributed by atoms with Crippen molar-refractivity contribution in [1.29, 1.82) is 0 Å². The lowest BCUT2D eigenvalue weighted by molar-refractivity contribution is -0.122. The molecule has 1 saturated heterocycles. The van der Waals surface area contributed by atoms with Gasteiger partial charge in [-0.1, -0.05) is 54.2 Å². The third-order valence-electron chi connectivity index (χ3n) is 5.20.